The lowest BCUT2D eigenvalue weighted by Crippen LogP contribution is -2.30. The largest absolute Gasteiger partial charge is 0.314 e. The van der Waals surface area contributed by atoms with E-state index in [0.717, 1.165) is 25.8 Å². The van der Waals surface area contributed by atoms with Gasteiger partial charge < -0.3 is 5.32 Å². The zero-order valence-corrected chi connectivity index (χ0v) is 11.5. The molecule has 0 fully saturated rings. The number of aryl methyl sites for hydroxylation is 1. The first-order chi connectivity index (χ1) is 8.86. The summed E-state index contributed by atoms with van der Waals surface area (Å²) in [6.07, 6.45) is 12.1. The number of nitrogens with one attached hydrogen (secondary N) is 1. The molecule has 0 amide bonds. The fraction of sp³-hybridized carbons (Fsp3) is 0.529. The van der Waals surface area contributed by atoms with Crippen molar-refractivity contribution in [3.05, 3.63) is 35.9 Å². The maximum absolute atomic E-state index is 5.31. The summed E-state index contributed by atoms with van der Waals surface area (Å²) in [4.78, 5) is 0. The number of rotatable bonds is 9. The van der Waals surface area contributed by atoms with Crippen LogP contribution in [0.5, 0.6) is 0 Å². The molecule has 1 aromatic rings. The molecule has 18 heavy (non-hydrogen) atoms. The molecule has 0 aliphatic carbocycles. The van der Waals surface area contributed by atoms with E-state index in [4.69, 9.17) is 6.42 Å². The molecule has 0 aliphatic rings. The van der Waals surface area contributed by atoms with Crippen LogP contribution in [0.4, 0.5) is 0 Å². The molecule has 1 aromatic carbocycles. The summed E-state index contributed by atoms with van der Waals surface area (Å²) in [6.45, 7) is 3.32. The minimum absolute atomic E-state index is 0.610. The number of terminal acetylenes is 1. The molecule has 0 aliphatic heterocycles. The van der Waals surface area contributed by atoms with Crippen LogP contribution in [0, 0.1) is 12.3 Å². The molecular weight excluding hydrogens is 218 g/mol. The first-order valence-corrected chi connectivity index (χ1v) is 7.07. The second-order valence-corrected chi connectivity index (χ2v) is 4.77. The van der Waals surface area contributed by atoms with Crippen LogP contribution in [-0.2, 0) is 6.42 Å². The summed E-state index contributed by atoms with van der Waals surface area (Å²) in [7, 11) is 0. The van der Waals surface area contributed by atoms with Gasteiger partial charge in [0.1, 0.15) is 0 Å². The van der Waals surface area contributed by atoms with E-state index in [1.807, 2.05) is 0 Å². The lowest BCUT2D eigenvalue weighted by atomic mass is 10.0. The molecule has 1 rings (SSSR count). The number of hydrogen-bond acceptors (Lipinski definition) is 1. The first-order valence-electron chi connectivity index (χ1n) is 7.07. The lowest BCUT2D eigenvalue weighted by Gasteiger charge is -2.18. The maximum atomic E-state index is 5.31. The predicted octanol–water partition coefficient (Wildman–Crippen LogP) is 3.79. The van der Waals surface area contributed by atoms with Gasteiger partial charge in [-0.15, -0.1) is 12.3 Å². The van der Waals surface area contributed by atoms with E-state index >= 15 is 0 Å². The standard InChI is InChI=1S/C17H25N/c1-3-5-7-12-17(18-15-4-2)14-13-16-10-8-6-9-11-16/h1,6,8-11,17-18H,4-5,7,12-15H2,2H3. The number of hydrogen-bond donors (Lipinski definition) is 1. The third kappa shape index (κ3) is 6.47. The quantitative estimate of drug-likeness (QED) is 0.514. The van der Waals surface area contributed by atoms with Crippen LogP contribution >= 0.6 is 0 Å². The molecule has 0 saturated heterocycles. The van der Waals surface area contributed by atoms with Gasteiger partial charge in [-0.3, -0.25) is 0 Å². The van der Waals surface area contributed by atoms with Gasteiger partial charge in [0, 0.05) is 12.5 Å². The van der Waals surface area contributed by atoms with Crippen molar-refractivity contribution < 1.29 is 0 Å². The summed E-state index contributed by atoms with van der Waals surface area (Å²) in [5, 5.41) is 3.63. The van der Waals surface area contributed by atoms with Crippen molar-refractivity contribution >= 4 is 0 Å². The zero-order chi connectivity index (χ0) is 13.1. The topological polar surface area (TPSA) is 12.0 Å². The molecule has 1 N–H and O–H groups in total. The van der Waals surface area contributed by atoms with E-state index in [1.54, 1.807) is 0 Å². The lowest BCUT2D eigenvalue weighted by molar-refractivity contribution is 0.444. The highest BCUT2D eigenvalue weighted by Gasteiger charge is 2.07. The number of benzene rings is 1. The minimum atomic E-state index is 0.610. The molecule has 1 heteroatoms. The van der Waals surface area contributed by atoms with Crippen LogP contribution in [0.15, 0.2) is 30.3 Å². The molecule has 0 saturated carbocycles. The van der Waals surface area contributed by atoms with Crippen LogP contribution in [-0.4, -0.2) is 12.6 Å². The Morgan fingerprint density at radius 3 is 2.67 bits per heavy atom. The molecule has 0 radical (unpaired) electrons. The van der Waals surface area contributed by atoms with Crippen LogP contribution in [0.1, 0.15) is 44.6 Å². The summed E-state index contributed by atoms with van der Waals surface area (Å²) in [5.41, 5.74) is 1.43. The highest BCUT2D eigenvalue weighted by Crippen LogP contribution is 2.10. The number of unbranched alkanes of at least 4 members (excludes halogenated alkanes) is 1. The summed E-state index contributed by atoms with van der Waals surface area (Å²) >= 11 is 0. The van der Waals surface area contributed by atoms with Gasteiger partial charge in [0.2, 0.25) is 0 Å². The molecule has 1 nitrogen and oxygen atoms in total. The van der Waals surface area contributed by atoms with Crippen LogP contribution in [0.2, 0.25) is 0 Å². The van der Waals surface area contributed by atoms with Crippen molar-refractivity contribution in [3.63, 3.8) is 0 Å². The van der Waals surface area contributed by atoms with Crippen molar-refractivity contribution in [2.75, 3.05) is 6.54 Å². The van der Waals surface area contributed by atoms with E-state index in [9.17, 15) is 0 Å². The van der Waals surface area contributed by atoms with Crippen molar-refractivity contribution in [2.45, 2.75) is 51.5 Å². The zero-order valence-electron chi connectivity index (χ0n) is 11.5. The Bertz CT molecular complexity index is 336. The van der Waals surface area contributed by atoms with E-state index in [-0.39, 0.29) is 0 Å². The van der Waals surface area contributed by atoms with E-state index in [0.29, 0.717) is 6.04 Å². The Labute approximate surface area is 112 Å². The molecule has 0 spiro atoms. The second-order valence-electron chi connectivity index (χ2n) is 4.77. The Morgan fingerprint density at radius 2 is 2.00 bits per heavy atom. The third-order valence-electron chi connectivity index (χ3n) is 3.18. The molecule has 1 unspecified atom stereocenters. The van der Waals surface area contributed by atoms with E-state index < -0.39 is 0 Å². The Hall–Kier alpha value is -1.26. The summed E-state index contributed by atoms with van der Waals surface area (Å²) in [5.74, 6) is 2.73. The molecule has 0 bridgehead atoms. The fourth-order valence-electron chi connectivity index (χ4n) is 2.13. The highest BCUT2D eigenvalue weighted by molar-refractivity contribution is 5.14. The van der Waals surface area contributed by atoms with Crippen molar-refractivity contribution in [3.8, 4) is 12.3 Å². The van der Waals surface area contributed by atoms with Crippen LogP contribution in [0.25, 0.3) is 0 Å². The normalized spacial score (nSPS) is 12.0. The Kier molecular flexibility index (Phi) is 8.01. The maximum Gasteiger partial charge on any atom is 0.00866 e. The third-order valence-corrected chi connectivity index (χ3v) is 3.18. The Morgan fingerprint density at radius 1 is 1.22 bits per heavy atom. The minimum Gasteiger partial charge on any atom is -0.314 e. The van der Waals surface area contributed by atoms with Crippen LogP contribution in [0.3, 0.4) is 0 Å². The van der Waals surface area contributed by atoms with Gasteiger partial charge in [0.15, 0.2) is 0 Å². The van der Waals surface area contributed by atoms with Gasteiger partial charge in [0.25, 0.3) is 0 Å². The fourth-order valence-corrected chi connectivity index (χ4v) is 2.13. The molecule has 0 aromatic heterocycles. The first kappa shape index (κ1) is 14.8. The summed E-state index contributed by atoms with van der Waals surface area (Å²) in [6, 6.07) is 11.3. The molecule has 0 heterocycles. The molecule has 98 valence electrons. The van der Waals surface area contributed by atoms with Crippen molar-refractivity contribution in [2.24, 2.45) is 0 Å². The Balaban J connectivity index is 2.33. The van der Waals surface area contributed by atoms with Gasteiger partial charge in [-0.25, -0.2) is 0 Å². The van der Waals surface area contributed by atoms with Gasteiger partial charge >= 0.3 is 0 Å². The average molecular weight is 243 g/mol. The predicted molar refractivity (Wildman–Crippen MR) is 79.5 cm³/mol. The van der Waals surface area contributed by atoms with Gasteiger partial charge in [0.05, 0.1) is 0 Å². The SMILES string of the molecule is C#CCCCC(CCc1ccccc1)NCCC. The van der Waals surface area contributed by atoms with Gasteiger partial charge in [-0.2, -0.15) is 0 Å². The van der Waals surface area contributed by atoms with E-state index in [2.05, 4.69) is 48.5 Å². The van der Waals surface area contributed by atoms with Gasteiger partial charge in [-0.05, 0) is 44.2 Å². The second kappa shape index (κ2) is 9.74. The average Bonchev–Trinajstić information content (AvgIpc) is 2.42. The van der Waals surface area contributed by atoms with Crippen molar-refractivity contribution in [1.29, 1.82) is 0 Å². The van der Waals surface area contributed by atoms with Gasteiger partial charge in [-0.1, -0.05) is 37.3 Å². The smallest absolute Gasteiger partial charge is 0.00866 e. The van der Waals surface area contributed by atoms with E-state index in [1.165, 1.54) is 24.8 Å². The monoisotopic (exact) mass is 243 g/mol. The molecule has 1 atom stereocenters. The summed E-state index contributed by atoms with van der Waals surface area (Å²) < 4.78 is 0. The van der Waals surface area contributed by atoms with Crippen molar-refractivity contribution in [1.82, 2.24) is 5.32 Å². The molecular formula is C17H25N. The van der Waals surface area contributed by atoms with Crippen LogP contribution < -0.4 is 5.32 Å². The highest BCUT2D eigenvalue weighted by atomic mass is 14.9.